The summed E-state index contributed by atoms with van der Waals surface area (Å²) in [7, 11) is 0. The number of hydrogen-bond acceptors (Lipinski definition) is 3. The minimum absolute atomic E-state index is 0.107. The number of likely N-dealkylation sites (tertiary alicyclic amines) is 1. The molecule has 108 valence electrons. The Morgan fingerprint density at radius 1 is 1.32 bits per heavy atom. The number of nitrogens with zero attached hydrogens (tertiary/aromatic N) is 2. The van der Waals surface area contributed by atoms with Crippen molar-refractivity contribution < 1.29 is 9.59 Å². The van der Waals surface area contributed by atoms with Gasteiger partial charge in [-0.25, -0.2) is 4.79 Å². The van der Waals surface area contributed by atoms with Gasteiger partial charge in [-0.15, -0.1) is 0 Å². The first kappa shape index (κ1) is 14.3. The van der Waals surface area contributed by atoms with E-state index in [0.717, 1.165) is 32.0 Å². The third-order valence-electron chi connectivity index (χ3n) is 4.04. The van der Waals surface area contributed by atoms with Crippen LogP contribution in [0.5, 0.6) is 0 Å². The quantitative estimate of drug-likeness (QED) is 0.784. The van der Waals surface area contributed by atoms with Gasteiger partial charge in [-0.1, -0.05) is 6.92 Å². The minimum atomic E-state index is -0.739. The van der Waals surface area contributed by atoms with Crippen LogP contribution in [0.3, 0.4) is 0 Å². The molecule has 2 rings (SSSR count). The molecule has 19 heavy (non-hydrogen) atoms. The number of nitrogens with one attached hydrogen (secondary N) is 1. The molecule has 0 bridgehead atoms. The minimum Gasteiger partial charge on any atom is -0.324 e. The van der Waals surface area contributed by atoms with E-state index in [1.165, 1.54) is 17.7 Å². The standard InChI is InChI=1S/C14H25N3O2/c1-11-6-4-7-16(10-11)8-5-9-17-12(18)14(2,3)15-13(17)19/h11H,4-10H2,1-3H3,(H,15,19)/t11-/m0/s1. The Morgan fingerprint density at radius 3 is 2.63 bits per heavy atom. The largest absolute Gasteiger partial charge is 0.325 e. The van der Waals surface area contributed by atoms with E-state index in [2.05, 4.69) is 17.1 Å². The Bertz CT molecular complexity index is 368. The molecule has 2 aliphatic rings. The Morgan fingerprint density at radius 2 is 2.05 bits per heavy atom. The van der Waals surface area contributed by atoms with E-state index in [1.54, 1.807) is 13.8 Å². The predicted octanol–water partition coefficient (Wildman–Crippen LogP) is 1.44. The van der Waals surface area contributed by atoms with E-state index < -0.39 is 5.54 Å². The van der Waals surface area contributed by atoms with Gasteiger partial charge in [0.2, 0.25) is 0 Å². The summed E-state index contributed by atoms with van der Waals surface area (Å²) in [6.07, 6.45) is 3.44. The molecule has 0 unspecified atom stereocenters. The first-order chi connectivity index (χ1) is 8.90. The normalized spacial score (nSPS) is 27.7. The topological polar surface area (TPSA) is 52.6 Å². The van der Waals surface area contributed by atoms with Crippen molar-refractivity contribution in [1.82, 2.24) is 15.1 Å². The summed E-state index contributed by atoms with van der Waals surface area (Å²) >= 11 is 0. The maximum absolute atomic E-state index is 12.0. The van der Waals surface area contributed by atoms with Gasteiger partial charge in [0, 0.05) is 13.1 Å². The van der Waals surface area contributed by atoms with E-state index in [1.807, 2.05) is 0 Å². The average Bonchev–Trinajstić information content (AvgIpc) is 2.51. The van der Waals surface area contributed by atoms with Crippen molar-refractivity contribution in [3.8, 4) is 0 Å². The third kappa shape index (κ3) is 3.26. The number of urea groups is 1. The van der Waals surface area contributed by atoms with Gasteiger partial charge in [-0.3, -0.25) is 9.69 Å². The maximum atomic E-state index is 12.0. The first-order valence-electron chi connectivity index (χ1n) is 7.26. The Hall–Kier alpha value is -1.10. The summed E-state index contributed by atoms with van der Waals surface area (Å²) in [5, 5.41) is 2.71. The number of hydrogen-bond donors (Lipinski definition) is 1. The molecule has 0 aromatic heterocycles. The molecule has 0 aliphatic carbocycles. The first-order valence-corrected chi connectivity index (χ1v) is 7.26. The van der Waals surface area contributed by atoms with Crippen LogP contribution < -0.4 is 5.32 Å². The smallest absolute Gasteiger partial charge is 0.324 e. The lowest BCUT2D eigenvalue weighted by Crippen LogP contribution is -2.41. The molecule has 5 nitrogen and oxygen atoms in total. The summed E-state index contributed by atoms with van der Waals surface area (Å²) in [5.74, 6) is 0.661. The highest BCUT2D eigenvalue weighted by atomic mass is 16.2. The number of imide groups is 1. The highest BCUT2D eigenvalue weighted by Gasteiger charge is 2.43. The SMILES string of the molecule is C[C@H]1CCCN(CCCN2C(=O)NC(C)(C)C2=O)C1. The summed E-state index contributed by atoms with van der Waals surface area (Å²) in [6.45, 7) is 9.58. The average molecular weight is 267 g/mol. The number of piperidine rings is 1. The molecule has 5 heteroatoms. The molecular weight excluding hydrogens is 242 g/mol. The van der Waals surface area contributed by atoms with E-state index in [-0.39, 0.29) is 11.9 Å². The molecule has 0 spiro atoms. The second kappa shape index (κ2) is 5.49. The van der Waals surface area contributed by atoms with Gasteiger partial charge in [0.1, 0.15) is 5.54 Å². The van der Waals surface area contributed by atoms with E-state index in [9.17, 15) is 9.59 Å². The van der Waals surface area contributed by atoms with E-state index in [4.69, 9.17) is 0 Å². The summed E-state index contributed by atoms with van der Waals surface area (Å²) in [6, 6.07) is -0.248. The van der Waals surface area contributed by atoms with Crippen LogP contribution in [0.4, 0.5) is 4.79 Å². The molecule has 1 N–H and O–H groups in total. The van der Waals surface area contributed by atoms with Crippen molar-refractivity contribution in [2.24, 2.45) is 5.92 Å². The molecule has 2 aliphatic heterocycles. The van der Waals surface area contributed by atoms with Crippen LogP contribution in [0.1, 0.15) is 40.0 Å². The van der Waals surface area contributed by atoms with Crippen LogP contribution in [-0.2, 0) is 4.79 Å². The Kier molecular flexibility index (Phi) is 4.13. The van der Waals surface area contributed by atoms with Gasteiger partial charge in [0.05, 0.1) is 0 Å². The zero-order chi connectivity index (χ0) is 14.0. The third-order valence-corrected chi connectivity index (χ3v) is 4.04. The summed E-state index contributed by atoms with van der Waals surface area (Å²) < 4.78 is 0. The highest BCUT2D eigenvalue weighted by Crippen LogP contribution is 2.18. The van der Waals surface area contributed by atoms with Crippen molar-refractivity contribution in [2.45, 2.75) is 45.6 Å². The monoisotopic (exact) mass is 267 g/mol. The Balaban J connectivity index is 1.77. The molecule has 2 fully saturated rings. The highest BCUT2D eigenvalue weighted by molar-refractivity contribution is 6.06. The molecule has 0 saturated carbocycles. The summed E-state index contributed by atoms with van der Waals surface area (Å²) in [5.41, 5.74) is -0.739. The van der Waals surface area contributed by atoms with Gasteiger partial charge in [0.15, 0.2) is 0 Å². The lowest BCUT2D eigenvalue weighted by molar-refractivity contribution is -0.130. The molecule has 0 aromatic rings. The fourth-order valence-corrected chi connectivity index (χ4v) is 2.96. The van der Waals surface area contributed by atoms with Crippen molar-refractivity contribution >= 4 is 11.9 Å². The molecule has 1 atom stereocenters. The van der Waals surface area contributed by atoms with Crippen molar-refractivity contribution in [2.75, 3.05) is 26.2 Å². The summed E-state index contributed by atoms with van der Waals surface area (Å²) in [4.78, 5) is 27.5. The van der Waals surface area contributed by atoms with Crippen molar-refractivity contribution in [3.63, 3.8) is 0 Å². The molecular formula is C14H25N3O2. The number of carbonyl (C=O) groups excluding carboxylic acids is 2. The van der Waals surface area contributed by atoms with Gasteiger partial charge in [-0.05, 0) is 52.1 Å². The Labute approximate surface area is 115 Å². The van der Waals surface area contributed by atoms with Crippen LogP contribution in [0.15, 0.2) is 0 Å². The van der Waals surface area contributed by atoms with Gasteiger partial charge >= 0.3 is 6.03 Å². The second-order valence-electron chi connectivity index (χ2n) is 6.41. The van der Waals surface area contributed by atoms with Crippen LogP contribution in [-0.4, -0.2) is 53.5 Å². The van der Waals surface area contributed by atoms with Crippen LogP contribution in [0.2, 0.25) is 0 Å². The zero-order valence-corrected chi connectivity index (χ0v) is 12.2. The van der Waals surface area contributed by atoms with E-state index in [0.29, 0.717) is 6.54 Å². The van der Waals surface area contributed by atoms with Crippen molar-refractivity contribution in [3.05, 3.63) is 0 Å². The number of carbonyl (C=O) groups is 2. The number of amides is 3. The predicted molar refractivity (Wildman–Crippen MR) is 73.8 cm³/mol. The second-order valence-corrected chi connectivity index (χ2v) is 6.41. The lowest BCUT2D eigenvalue weighted by atomic mass is 10.0. The molecule has 0 aromatic carbocycles. The fraction of sp³-hybridized carbons (Fsp3) is 0.857. The van der Waals surface area contributed by atoms with Gasteiger partial charge in [0.25, 0.3) is 5.91 Å². The van der Waals surface area contributed by atoms with Gasteiger partial charge in [-0.2, -0.15) is 0 Å². The van der Waals surface area contributed by atoms with E-state index >= 15 is 0 Å². The molecule has 2 heterocycles. The van der Waals surface area contributed by atoms with Crippen LogP contribution >= 0.6 is 0 Å². The van der Waals surface area contributed by atoms with Crippen LogP contribution in [0, 0.1) is 5.92 Å². The fourth-order valence-electron chi connectivity index (χ4n) is 2.96. The maximum Gasteiger partial charge on any atom is 0.325 e. The molecule has 2 saturated heterocycles. The van der Waals surface area contributed by atoms with Gasteiger partial charge < -0.3 is 10.2 Å². The van der Waals surface area contributed by atoms with Crippen molar-refractivity contribution in [1.29, 1.82) is 0 Å². The molecule has 3 amide bonds. The number of rotatable bonds is 4. The zero-order valence-electron chi connectivity index (χ0n) is 12.2. The van der Waals surface area contributed by atoms with Crippen LogP contribution in [0.25, 0.3) is 0 Å². The lowest BCUT2D eigenvalue weighted by Gasteiger charge is -2.31. The molecule has 0 radical (unpaired) electrons.